The maximum Gasteiger partial charge on any atom is 0.126 e. The van der Waals surface area contributed by atoms with Crippen molar-refractivity contribution in [2.24, 2.45) is 0 Å². The molecule has 3 nitrogen and oxygen atoms in total. The molecular weight excluding hydrogens is 255 g/mol. The number of aliphatic hydroxyl groups is 1. The number of nitrogens with zero attached hydrogens (tertiary/aromatic N) is 2. The lowest BCUT2D eigenvalue weighted by atomic mass is 10.0. The van der Waals surface area contributed by atoms with E-state index in [1.165, 1.54) is 12.5 Å². The predicted octanol–water partition coefficient (Wildman–Crippen LogP) is 2.19. The van der Waals surface area contributed by atoms with E-state index in [0.717, 1.165) is 19.6 Å². The number of benzene rings is 1. The van der Waals surface area contributed by atoms with Crippen molar-refractivity contribution in [1.82, 2.24) is 9.80 Å². The van der Waals surface area contributed by atoms with Crippen molar-refractivity contribution in [2.45, 2.75) is 31.9 Å². The molecule has 1 heterocycles. The Kier molecular flexibility index (Phi) is 5.13. The van der Waals surface area contributed by atoms with Gasteiger partial charge in [-0.2, -0.15) is 0 Å². The van der Waals surface area contributed by atoms with Gasteiger partial charge in [0.15, 0.2) is 0 Å². The van der Waals surface area contributed by atoms with Gasteiger partial charge in [-0.1, -0.05) is 12.1 Å². The second-order valence-electron chi connectivity index (χ2n) is 6.02. The van der Waals surface area contributed by atoms with Crippen LogP contribution in [0, 0.1) is 12.7 Å². The van der Waals surface area contributed by atoms with E-state index in [-0.39, 0.29) is 5.82 Å². The van der Waals surface area contributed by atoms with Gasteiger partial charge in [-0.3, -0.25) is 0 Å². The third kappa shape index (κ3) is 3.78. The highest BCUT2D eigenvalue weighted by atomic mass is 19.1. The van der Waals surface area contributed by atoms with Gasteiger partial charge in [0.25, 0.3) is 0 Å². The van der Waals surface area contributed by atoms with Gasteiger partial charge >= 0.3 is 0 Å². The van der Waals surface area contributed by atoms with Crippen LogP contribution in [0.4, 0.5) is 4.39 Å². The van der Waals surface area contributed by atoms with Crippen molar-refractivity contribution in [3.8, 4) is 0 Å². The molecule has 0 saturated carbocycles. The first-order valence-corrected chi connectivity index (χ1v) is 7.30. The molecular formula is C16H25FN2O. The quantitative estimate of drug-likeness (QED) is 0.895. The molecule has 112 valence electrons. The van der Waals surface area contributed by atoms with Gasteiger partial charge in [-0.25, -0.2) is 4.39 Å². The summed E-state index contributed by atoms with van der Waals surface area (Å²) in [7, 11) is 4.22. The number of hydrogen-bond donors (Lipinski definition) is 1. The van der Waals surface area contributed by atoms with Crippen LogP contribution in [0.25, 0.3) is 0 Å². The van der Waals surface area contributed by atoms with Crippen molar-refractivity contribution < 1.29 is 9.50 Å². The molecule has 1 saturated heterocycles. The molecule has 20 heavy (non-hydrogen) atoms. The SMILES string of the molecule is Cc1ccc(C(O)CCN2CCC(N(C)C)C2)cc1F. The van der Waals surface area contributed by atoms with Crippen LogP contribution in [0.5, 0.6) is 0 Å². The molecule has 0 aliphatic carbocycles. The van der Waals surface area contributed by atoms with Crippen LogP contribution < -0.4 is 0 Å². The number of halogens is 1. The lowest BCUT2D eigenvalue weighted by Crippen LogP contribution is -2.32. The molecule has 4 heteroatoms. The summed E-state index contributed by atoms with van der Waals surface area (Å²) >= 11 is 0. The summed E-state index contributed by atoms with van der Waals surface area (Å²) in [4.78, 5) is 4.63. The monoisotopic (exact) mass is 280 g/mol. The first-order valence-electron chi connectivity index (χ1n) is 7.30. The molecule has 0 bridgehead atoms. The van der Waals surface area contributed by atoms with Crippen LogP contribution >= 0.6 is 0 Å². The smallest absolute Gasteiger partial charge is 0.126 e. The number of hydrogen-bond acceptors (Lipinski definition) is 3. The first-order chi connectivity index (χ1) is 9.47. The predicted molar refractivity (Wildman–Crippen MR) is 79.2 cm³/mol. The normalized spacial score (nSPS) is 21.6. The van der Waals surface area contributed by atoms with Gasteiger partial charge in [-0.05, 0) is 57.6 Å². The van der Waals surface area contributed by atoms with E-state index in [0.29, 0.717) is 23.6 Å². The fraction of sp³-hybridized carbons (Fsp3) is 0.625. The van der Waals surface area contributed by atoms with Crippen LogP contribution in [0.3, 0.4) is 0 Å². The molecule has 0 spiro atoms. The van der Waals surface area contributed by atoms with E-state index in [1.807, 2.05) is 6.07 Å². The molecule has 1 aliphatic rings. The van der Waals surface area contributed by atoms with Crippen LogP contribution in [0.1, 0.15) is 30.1 Å². The zero-order chi connectivity index (χ0) is 14.7. The standard InChI is InChI=1S/C16H25FN2O/c1-12-4-5-13(10-15(12)17)16(20)7-9-19-8-6-14(11-19)18(2)3/h4-5,10,14,16,20H,6-9,11H2,1-3H3. The Morgan fingerprint density at radius 1 is 1.45 bits per heavy atom. The number of aliphatic hydroxyl groups excluding tert-OH is 1. The Balaban J connectivity index is 1.83. The van der Waals surface area contributed by atoms with E-state index < -0.39 is 6.10 Å². The maximum atomic E-state index is 13.5. The van der Waals surface area contributed by atoms with E-state index in [2.05, 4.69) is 23.9 Å². The molecule has 2 unspecified atom stereocenters. The van der Waals surface area contributed by atoms with E-state index >= 15 is 0 Å². The van der Waals surface area contributed by atoms with Crippen molar-refractivity contribution >= 4 is 0 Å². The first kappa shape index (κ1) is 15.4. The molecule has 0 amide bonds. The second-order valence-corrected chi connectivity index (χ2v) is 6.02. The van der Waals surface area contributed by atoms with Gasteiger partial charge in [0.1, 0.15) is 5.82 Å². The molecule has 1 fully saturated rings. The van der Waals surface area contributed by atoms with Gasteiger partial charge in [-0.15, -0.1) is 0 Å². The summed E-state index contributed by atoms with van der Waals surface area (Å²) in [6, 6.07) is 5.61. The van der Waals surface area contributed by atoms with Crippen LogP contribution in [0.2, 0.25) is 0 Å². The minimum atomic E-state index is -0.580. The largest absolute Gasteiger partial charge is 0.388 e. The summed E-state index contributed by atoms with van der Waals surface area (Å²) in [5.74, 6) is -0.240. The third-order valence-corrected chi connectivity index (χ3v) is 4.28. The minimum Gasteiger partial charge on any atom is -0.388 e. The van der Waals surface area contributed by atoms with Crippen LogP contribution in [-0.2, 0) is 0 Å². The second kappa shape index (κ2) is 6.66. The fourth-order valence-corrected chi connectivity index (χ4v) is 2.72. The van der Waals surface area contributed by atoms with E-state index in [4.69, 9.17) is 0 Å². The van der Waals surface area contributed by atoms with Gasteiger partial charge in [0.2, 0.25) is 0 Å². The number of likely N-dealkylation sites (tertiary alicyclic amines) is 1. The van der Waals surface area contributed by atoms with E-state index in [1.54, 1.807) is 13.0 Å². The van der Waals surface area contributed by atoms with Gasteiger partial charge in [0, 0.05) is 19.1 Å². The van der Waals surface area contributed by atoms with E-state index in [9.17, 15) is 9.50 Å². The highest BCUT2D eigenvalue weighted by molar-refractivity contribution is 5.24. The summed E-state index contributed by atoms with van der Waals surface area (Å²) < 4.78 is 13.5. The Morgan fingerprint density at radius 2 is 2.20 bits per heavy atom. The summed E-state index contributed by atoms with van der Waals surface area (Å²) in [6.07, 6.45) is 1.26. The molecule has 1 aromatic carbocycles. The molecule has 0 radical (unpaired) electrons. The van der Waals surface area contributed by atoms with Gasteiger partial charge < -0.3 is 14.9 Å². The lowest BCUT2D eigenvalue weighted by molar-refractivity contribution is 0.146. The zero-order valence-electron chi connectivity index (χ0n) is 12.6. The lowest BCUT2D eigenvalue weighted by Gasteiger charge is -2.21. The Morgan fingerprint density at radius 3 is 2.80 bits per heavy atom. The summed E-state index contributed by atoms with van der Waals surface area (Å²) in [6.45, 7) is 4.73. The van der Waals surface area contributed by atoms with Crippen molar-refractivity contribution in [3.05, 3.63) is 35.1 Å². The third-order valence-electron chi connectivity index (χ3n) is 4.28. The topological polar surface area (TPSA) is 26.7 Å². The number of aryl methyl sites for hydroxylation is 1. The van der Waals surface area contributed by atoms with Crippen LogP contribution in [-0.4, -0.2) is 54.7 Å². The summed E-state index contributed by atoms with van der Waals surface area (Å²) in [5.41, 5.74) is 1.30. The molecule has 2 atom stereocenters. The highest BCUT2D eigenvalue weighted by Crippen LogP contribution is 2.21. The molecule has 2 rings (SSSR count). The van der Waals surface area contributed by atoms with Crippen molar-refractivity contribution in [3.63, 3.8) is 0 Å². The number of rotatable bonds is 5. The Hall–Kier alpha value is -0.970. The Labute approximate surface area is 121 Å². The Bertz CT molecular complexity index is 450. The average Bonchev–Trinajstić information content (AvgIpc) is 2.88. The molecule has 0 aromatic heterocycles. The molecule has 1 N–H and O–H groups in total. The molecule has 1 aliphatic heterocycles. The van der Waals surface area contributed by atoms with Crippen LogP contribution in [0.15, 0.2) is 18.2 Å². The molecule has 1 aromatic rings. The maximum absolute atomic E-state index is 13.5. The average molecular weight is 280 g/mol. The number of likely N-dealkylation sites (N-methyl/N-ethyl adjacent to an activating group) is 1. The minimum absolute atomic E-state index is 0.240. The summed E-state index contributed by atoms with van der Waals surface area (Å²) in [5, 5.41) is 10.2. The van der Waals surface area contributed by atoms with Crippen molar-refractivity contribution in [2.75, 3.05) is 33.7 Å². The van der Waals surface area contributed by atoms with Crippen molar-refractivity contribution in [1.29, 1.82) is 0 Å². The fourth-order valence-electron chi connectivity index (χ4n) is 2.72. The highest BCUT2D eigenvalue weighted by Gasteiger charge is 2.24. The zero-order valence-corrected chi connectivity index (χ0v) is 12.6. The van der Waals surface area contributed by atoms with Gasteiger partial charge in [0.05, 0.1) is 6.10 Å².